The number of halogens is 2. The molecule has 0 amide bonds. The maximum atomic E-state index is 13.9. The molecule has 5 rings (SSSR count). The molecule has 0 saturated carbocycles. The van der Waals surface area contributed by atoms with Crippen LogP contribution in [0.15, 0.2) is 110 Å². The summed E-state index contributed by atoms with van der Waals surface area (Å²) < 4.78 is 34.3. The Bertz CT molecular complexity index is 1460. The highest BCUT2D eigenvalue weighted by Gasteiger charge is 2.26. The first-order chi connectivity index (χ1) is 19.0. The molecular weight excluding hydrogens is 488 g/mol. The van der Waals surface area contributed by atoms with Crippen LogP contribution in [0.25, 0.3) is 39.3 Å². The molecule has 5 aromatic rings. The van der Waals surface area contributed by atoms with E-state index in [1.807, 2.05) is 24.0 Å². The Morgan fingerprint density at radius 3 is 1.62 bits per heavy atom. The lowest BCUT2D eigenvalue weighted by atomic mass is 9.99. The predicted octanol–water partition coefficient (Wildman–Crippen LogP) is 6.93. The lowest BCUT2D eigenvalue weighted by molar-refractivity contribution is -0.698. The predicted molar refractivity (Wildman–Crippen MR) is 150 cm³/mol. The Balaban J connectivity index is 1.70. The van der Waals surface area contributed by atoms with Gasteiger partial charge in [0.2, 0.25) is 17.1 Å². The van der Waals surface area contributed by atoms with Crippen LogP contribution in [-0.4, -0.2) is 0 Å². The molecule has 0 spiro atoms. The van der Waals surface area contributed by atoms with Crippen LogP contribution in [0.4, 0.5) is 8.78 Å². The number of benzene rings is 2. The van der Waals surface area contributed by atoms with Crippen molar-refractivity contribution in [2.24, 2.45) is 7.05 Å². The molecule has 0 atom stereocenters. The van der Waals surface area contributed by atoms with Crippen LogP contribution in [0.5, 0.6) is 0 Å². The summed E-state index contributed by atoms with van der Waals surface area (Å²) in [4.78, 5) is 0. The van der Waals surface area contributed by atoms with Crippen LogP contribution in [-0.2, 0) is 13.6 Å². The highest BCUT2D eigenvalue weighted by molar-refractivity contribution is 5.74. The van der Waals surface area contributed by atoms with E-state index in [0.717, 1.165) is 52.3 Å². The lowest BCUT2D eigenvalue weighted by Crippen LogP contribution is -2.39. The molecule has 3 heterocycles. The number of aromatic nitrogens is 3. The Hall–Kier alpha value is -4.25. The fourth-order valence-electron chi connectivity index (χ4n) is 4.87. The number of hydrogen-bond donors (Lipinski definition) is 0. The van der Waals surface area contributed by atoms with Gasteiger partial charge in [-0.05, 0) is 66.1 Å². The number of rotatable bonds is 9. The third kappa shape index (κ3) is 6.26. The van der Waals surface area contributed by atoms with E-state index in [0.29, 0.717) is 0 Å². The van der Waals surface area contributed by atoms with Gasteiger partial charge < -0.3 is 0 Å². The molecule has 0 fully saturated rings. The van der Waals surface area contributed by atoms with Crippen molar-refractivity contribution < 1.29 is 22.5 Å². The summed E-state index contributed by atoms with van der Waals surface area (Å²) in [6.45, 7) is 3.20. The fraction of sp³-hybridized carbons (Fsp3) is 0.206. The third-order valence-corrected chi connectivity index (χ3v) is 7.06. The quantitative estimate of drug-likeness (QED) is 0.147. The van der Waals surface area contributed by atoms with Crippen molar-refractivity contribution in [2.75, 3.05) is 0 Å². The van der Waals surface area contributed by atoms with E-state index in [4.69, 9.17) is 0 Å². The smallest absolute Gasteiger partial charge is 0.208 e. The summed E-state index contributed by atoms with van der Waals surface area (Å²) >= 11 is 0. The van der Waals surface area contributed by atoms with Gasteiger partial charge in [-0.15, -0.1) is 0 Å². The van der Waals surface area contributed by atoms with Crippen LogP contribution in [0.2, 0.25) is 0 Å². The van der Waals surface area contributed by atoms with Crippen LogP contribution >= 0.6 is 0 Å². The molecule has 0 aliphatic heterocycles. The summed E-state index contributed by atoms with van der Waals surface area (Å²) in [5.41, 5.74) is 6.67. The largest absolute Gasteiger partial charge is 0.223 e. The van der Waals surface area contributed by atoms with Crippen molar-refractivity contribution in [3.63, 3.8) is 0 Å². The van der Waals surface area contributed by atoms with Gasteiger partial charge in [0.1, 0.15) is 25.2 Å². The monoisotopic (exact) mass is 522 g/mol. The molecule has 3 aromatic heterocycles. The number of hydrogen-bond acceptors (Lipinski definition) is 0. The lowest BCUT2D eigenvalue weighted by Gasteiger charge is -2.12. The van der Waals surface area contributed by atoms with Crippen LogP contribution in [0.3, 0.4) is 0 Å². The summed E-state index contributed by atoms with van der Waals surface area (Å²) in [5, 5.41) is 0. The van der Waals surface area contributed by atoms with Gasteiger partial charge in [0, 0.05) is 41.8 Å². The number of nitrogens with zero attached hydrogens (tertiary/aromatic N) is 3. The zero-order chi connectivity index (χ0) is 27.2. The Morgan fingerprint density at radius 1 is 0.564 bits per heavy atom. The average Bonchev–Trinajstić information content (AvgIpc) is 2.96. The van der Waals surface area contributed by atoms with Crippen molar-refractivity contribution in [3.8, 4) is 39.3 Å². The molecule has 0 unspecified atom stereocenters. The standard InChI is InChI=1S/C34H34F2N3/c1-3-4-5-6-19-38-22-17-32(18-23-38)39-33(27-7-11-30(35)12-8-27)24-29(26-15-20-37(2)21-16-26)25-34(39)28-9-13-31(36)14-10-28/h7-18,20-25H,3-6,19H2,1-2H3/q+3. The van der Waals surface area contributed by atoms with E-state index in [-0.39, 0.29) is 11.6 Å². The van der Waals surface area contributed by atoms with Gasteiger partial charge in [-0.1, -0.05) is 19.8 Å². The molecule has 39 heavy (non-hydrogen) atoms. The SMILES string of the molecule is CCCCCC[n+]1ccc(-[n+]2c(-c3ccc(F)cc3)cc(-c3cc[n+](C)cc3)cc2-c2ccc(F)cc2)cc1. The Labute approximate surface area is 229 Å². The van der Waals surface area contributed by atoms with Gasteiger partial charge in [0.25, 0.3) is 0 Å². The molecule has 196 valence electrons. The normalized spacial score (nSPS) is 11.1. The van der Waals surface area contributed by atoms with Crippen molar-refractivity contribution in [2.45, 2.75) is 39.2 Å². The molecule has 0 saturated heterocycles. The van der Waals surface area contributed by atoms with Gasteiger partial charge in [-0.2, -0.15) is 4.57 Å². The second kappa shape index (κ2) is 12.1. The van der Waals surface area contributed by atoms with Gasteiger partial charge in [0.05, 0.1) is 12.1 Å². The fourth-order valence-corrected chi connectivity index (χ4v) is 4.87. The minimum Gasteiger partial charge on any atom is -0.208 e. The van der Waals surface area contributed by atoms with E-state index in [1.165, 1.54) is 43.5 Å². The topological polar surface area (TPSA) is 11.6 Å². The summed E-state index contributed by atoms with van der Waals surface area (Å²) in [6, 6.07) is 25.8. The molecular formula is C34H34F2N3+3. The highest BCUT2D eigenvalue weighted by Crippen LogP contribution is 2.30. The molecule has 0 radical (unpaired) electrons. The van der Waals surface area contributed by atoms with Crippen molar-refractivity contribution in [1.29, 1.82) is 0 Å². The zero-order valence-electron chi connectivity index (χ0n) is 22.5. The molecule has 5 heteroatoms. The number of unbranched alkanes of at least 4 members (excludes halogenated alkanes) is 3. The first kappa shape index (κ1) is 26.4. The van der Waals surface area contributed by atoms with E-state index in [1.54, 1.807) is 24.3 Å². The van der Waals surface area contributed by atoms with Crippen LogP contribution in [0.1, 0.15) is 32.6 Å². The maximum absolute atomic E-state index is 13.9. The number of pyridine rings is 3. The van der Waals surface area contributed by atoms with Crippen molar-refractivity contribution >= 4 is 0 Å². The molecule has 0 aliphatic rings. The average molecular weight is 523 g/mol. The second-order valence-corrected chi connectivity index (χ2v) is 9.97. The van der Waals surface area contributed by atoms with Gasteiger partial charge in [0.15, 0.2) is 24.8 Å². The van der Waals surface area contributed by atoms with Gasteiger partial charge in [-0.25, -0.2) is 17.9 Å². The van der Waals surface area contributed by atoms with Crippen LogP contribution < -0.4 is 13.7 Å². The maximum Gasteiger partial charge on any atom is 0.223 e. The molecule has 0 N–H and O–H groups in total. The highest BCUT2D eigenvalue weighted by atomic mass is 19.1. The van der Waals surface area contributed by atoms with E-state index < -0.39 is 0 Å². The first-order valence-corrected chi connectivity index (χ1v) is 13.6. The second-order valence-electron chi connectivity index (χ2n) is 9.97. The van der Waals surface area contributed by atoms with E-state index >= 15 is 0 Å². The minimum atomic E-state index is -0.278. The summed E-state index contributed by atoms with van der Waals surface area (Å²) in [5.74, 6) is -0.556. The molecule has 2 aromatic carbocycles. The van der Waals surface area contributed by atoms with E-state index in [9.17, 15) is 8.78 Å². The van der Waals surface area contributed by atoms with Gasteiger partial charge in [-0.3, -0.25) is 0 Å². The molecule has 0 bridgehead atoms. The minimum absolute atomic E-state index is 0.278. The molecule has 3 nitrogen and oxygen atoms in total. The summed E-state index contributed by atoms with van der Waals surface area (Å²) in [6.07, 6.45) is 13.1. The van der Waals surface area contributed by atoms with Crippen LogP contribution in [0, 0.1) is 11.6 Å². The first-order valence-electron chi connectivity index (χ1n) is 13.6. The Kier molecular flexibility index (Phi) is 8.16. The summed E-state index contributed by atoms with van der Waals surface area (Å²) in [7, 11) is 1.99. The zero-order valence-corrected chi connectivity index (χ0v) is 22.5. The molecule has 0 aliphatic carbocycles. The Morgan fingerprint density at radius 2 is 1.10 bits per heavy atom. The van der Waals surface area contributed by atoms with E-state index in [2.05, 4.69) is 64.8 Å². The number of aryl methyl sites for hydroxylation is 2. The van der Waals surface area contributed by atoms with Crippen molar-refractivity contribution in [3.05, 3.63) is 121 Å². The third-order valence-electron chi connectivity index (χ3n) is 7.06. The van der Waals surface area contributed by atoms with Crippen molar-refractivity contribution in [1.82, 2.24) is 0 Å². The van der Waals surface area contributed by atoms with Gasteiger partial charge >= 0.3 is 0 Å².